The molecule has 0 saturated carbocycles. The molecule has 0 aromatic carbocycles. The van der Waals surface area contributed by atoms with Gasteiger partial charge in [0.05, 0.1) is 12.2 Å². The Kier molecular flexibility index (Phi) is 7.39. The molecule has 0 rings (SSSR count). The molecule has 0 spiro atoms. The van der Waals surface area contributed by atoms with Crippen molar-refractivity contribution >= 4 is 0 Å². The van der Waals surface area contributed by atoms with Crippen LogP contribution in [0.1, 0.15) is 26.7 Å². The SMILES string of the molecule is CC(CCO)OOC(C)CCO. The zero-order valence-corrected chi connectivity index (χ0v) is 7.69. The normalized spacial score (nSPS) is 16.0. The van der Waals surface area contributed by atoms with E-state index in [1.807, 2.05) is 13.8 Å². The Labute approximate surface area is 73.0 Å². The summed E-state index contributed by atoms with van der Waals surface area (Å²) >= 11 is 0. The second-order valence-electron chi connectivity index (χ2n) is 2.84. The van der Waals surface area contributed by atoms with E-state index in [0.717, 1.165) is 0 Å². The van der Waals surface area contributed by atoms with Gasteiger partial charge in [0.2, 0.25) is 0 Å². The lowest BCUT2D eigenvalue weighted by atomic mass is 10.3. The Balaban J connectivity index is 3.27. The van der Waals surface area contributed by atoms with E-state index >= 15 is 0 Å². The summed E-state index contributed by atoms with van der Waals surface area (Å²) in [4.78, 5) is 9.85. The maximum Gasteiger partial charge on any atom is 0.0923 e. The smallest absolute Gasteiger partial charge is 0.0923 e. The fourth-order valence-corrected chi connectivity index (χ4v) is 0.650. The van der Waals surface area contributed by atoms with E-state index in [-0.39, 0.29) is 25.4 Å². The van der Waals surface area contributed by atoms with Gasteiger partial charge in [-0.2, -0.15) is 0 Å². The summed E-state index contributed by atoms with van der Waals surface area (Å²) in [7, 11) is 0. The lowest BCUT2D eigenvalue weighted by molar-refractivity contribution is -0.347. The highest BCUT2D eigenvalue weighted by Gasteiger charge is 2.06. The third-order valence-corrected chi connectivity index (χ3v) is 1.46. The van der Waals surface area contributed by atoms with Gasteiger partial charge >= 0.3 is 0 Å². The molecule has 74 valence electrons. The molecule has 0 radical (unpaired) electrons. The van der Waals surface area contributed by atoms with Crippen molar-refractivity contribution in [2.24, 2.45) is 0 Å². The first-order valence-corrected chi connectivity index (χ1v) is 4.24. The van der Waals surface area contributed by atoms with Crippen molar-refractivity contribution in [1.82, 2.24) is 0 Å². The first-order valence-electron chi connectivity index (χ1n) is 4.24. The van der Waals surface area contributed by atoms with Crippen LogP contribution >= 0.6 is 0 Å². The van der Waals surface area contributed by atoms with E-state index in [1.165, 1.54) is 0 Å². The molecule has 0 aromatic rings. The van der Waals surface area contributed by atoms with E-state index in [4.69, 9.17) is 20.0 Å². The average Bonchev–Trinajstić information content (AvgIpc) is 2.02. The molecule has 2 N–H and O–H groups in total. The Morgan fingerprint density at radius 1 is 0.917 bits per heavy atom. The number of rotatable bonds is 7. The first-order chi connectivity index (χ1) is 5.70. The molecule has 0 aromatic heterocycles. The van der Waals surface area contributed by atoms with E-state index < -0.39 is 0 Å². The van der Waals surface area contributed by atoms with Crippen molar-refractivity contribution in [2.45, 2.75) is 38.9 Å². The van der Waals surface area contributed by atoms with E-state index in [2.05, 4.69) is 0 Å². The molecule has 0 bridgehead atoms. The van der Waals surface area contributed by atoms with Crippen LogP contribution in [0, 0.1) is 0 Å². The molecule has 0 amide bonds. The largest absolute Gasteiger partial charge is 0.396 e. The minimum atomic E-state index is -0.101. The maximum atomic E-state index is 8.53. The molecular formula is C8H18O4. The summed E-state index contributed by atoms with van der Waals surface area (Å²) in [6, 6.07) is 0. The van der Waals surface area contributed by atoms with Crippen LogP contribution in [0.3, 0.4) is 0 Å². The van der Waals surface area contributed by atoms with E-state index in [1.54, 1.807) is 0 Å². The number of aliphatic hydroxyl groups excluding tert-OH is 2. The van der Waals surface area contributed by atoms with Crippen LogP contribution in [0.2, 0.25) is 0 Å². The fraction of sp³-hybridized carbons (Fsp3) is 1.00. The van der Waals surface area contributed by atoms with Crippen LogP contribution in [-0.4, -0.2) is 35.6 Å². The lowest BCUT2D eigenvalue weighted by Gasteiger charge is -2.14. The van der Waals surface area contributed by atoms with Crippen molar-refractivity contribution < 1.29 is 20.0 Å². The predicted molar refractivity (Wildman–Crippen MR) is 44.5 cm³/mol. The molecule has 0 saturated heterocycles. The van der Waals surface area contributed by atoms with Crippen LogP contribution < -0.4 is 0 Å². The molecule has 4 nitrogen and oxygen atoms in total. The zero-order valence-electron chi connectivity index (χ0n) is 7.69. The van der Waals surface area contributed by atoms with Gasteiger partial charge in [-0.15, -0.1) is 0 Å². The third-order valence-electron chi connectivity index (χ3n) is 1.46. The van der Waals surface area contributed by atoms with Crippen LogP contribution in [0.5, 0.6) is 0 Å². The van der Waals surface area contributed by atoms with Crippen molar-refractivity contribution in [3.8, 4) is 0 Å². The molecule has 2 unspecified atom stereocenters. The summed E-state index contributed by atoms with van der Waals surface area (Å²) in [6.07, 6.45) is 0.921. The van der Waals surface area contributed by atoms with Gasteiger partial charge in [-0.25, -0.2) is 9.78 Å². The van der Waals surface area contributed by atoms with Gasteiger partial charge in [0.25, 0.3) is 0 Å². The minimum absolute atomic E-state index is 0.0961. The fourth-order valence-electron chi connectivity index (χ4n) is 0.650. The summed E-state index contributed by atoms with van der Waals surface area (Å²) in [6.45, 7) is 3.83. The Morgan fingerprint density at radius 2 is 1.25 bits per heavy atom. The average molecular weight is 178 g/mol. The molecular weight excluding hydrogens is 160 g/mol. The Morgan fingerprint density at radius 3 is 1.50 bits per heavy atom. The topological polar surface area (TPSA) is 58.9 Å². The first kappa shape index (κ1) is 11.8. The summed E-state index contributed by atoms with van der Waals surface area (Å²) in [5.74, 6) is 0. The highest BCUT2D eigenvalue weighted by Crippen LogP contribution is 2.02. The van der Waals surface area contributed by atoms with Crippen molar-refractivity contribution in [1.29, 1.82) is 0 Å². The van der Waals surface area contributed by atoms with Gasteiger partial charge in [-0.05, 0) is 26.7 Å². The monoisotopic (exact) mass is 178 g/mol. The standard InChI is InChI=1S/C8H18O4/c1-7(3-5-9)11-12-8(2)4-6-10/h7-10H,3-6H2,1-2H3. The molecule has 0 aliphatic rings. The van der Waals surface area contributed by atoms with Crippen LogP contribution in [0.4, 0.5) is 0 Å². The summed E-state index contributed by atoms with van der Waals surface area (Å²) in [5, 5.41) is 17.1. The summed E-state index contributed by atoms with van der Waals surface area (Å²) in [5.41, 5.74) is 0. The molecule has 12 heavy (non-hydrogen) atoms. The number of aliphatic hydroxyl groups is 2. The number of hydrogen-bond donors (Lipinski definition) is 2. The van der Waals surface area contributed by atoms with E-state index in [9.17, 15) is 0 Å². The molecule has 4 heteroatoms. The van der Waals surface area contributed by atoms with Crippen LogP contribution in [0.15, 0.2) is 0 Å². The molecule has 0 heterocycles. The van der Waals surface area contributed by atoms with Crippen molar-refractivity contribution in [3.63, 3.8) is 0 Å². The highest BCUT2D eigenvalue weighted by molar-refractivity contribution is 4.47. The quantitative estimate of drug-likeness (QED) is 0.439. The maximum absolute atomic E-state index is 8.53. The Hall–Kier alpha value is -0.160. The van der Waals surface area contributed by atoms with Gasteiger partial charge in [-0.1, -0.05) is 0 Å². The van der Waals surface area contributed by atoms with Crippen molar-refractivity contribution in [2.75, 3.05) is 13.2 Å². The predicted octanol–water partition coefficient (Wildman–Crippen LogP) is 0.476. The second-order valence-corrected chi connectivity index (χ2v) is 2.84. The van der Waals surface area contributed by atoms with Gasteiger partial charge in [0.15, 0.2) is 0 Å². The molecule has 0 aliphatic carbocycles. The van der Waals surface area contributed by atoms with E-state index in [0.29, 0.717) is 12.8 Å². The Bertz CT molecular complexity index is 85.1. The zero-order chi connectivity index (χ0) is 9.40. The highest BCUT2D eigenvalue weighted by atomic mass is 17.2. The second kappa shape index (κ2) is 7.49. The molecule has 0 aliphatic heterocycles. The van der Waals surface area contributed by atoms with Crippen molar-refractivity contribution in [3.05, 3.63) is 0 Å². The van der Waals surface area contributed by atoms with Gasteiger partial charge in [0, 0.05) is 13.2 Å². The number of hydrogen-bond acceptors (Lipinski definition) is 4. The molecule has 2 atom stereocenters. The summed E-state index contributed by atoms with van der Waals surface area (Å²) < 4.78 is 0. The lowest BCUT2D eigenvalue weighted by Crippen LogP contribution is -2.17. The van der Waals surface area contributed by atoms with Gasteiger partial charge in [0.1, 0.15) is 0 Å². The molecule has 0 fully saturated rings. The van der Waals surface area contributed by atoms with Crippen LogP contribution in [0.25, 0.3) is 0 Å². The third kappa shape index (κ3) is 6.54. The minimum Gasteiger partial charge on any atom is -0.396 e. The van der Waals surface area contributed by atoms with Gasteiger partial charge in [-0.3, -0.25) is 0 Å². The van der Waals surface area contributed by atoms with Crippen LogP contribution in [-0.2, 0) is 9.78 Å². The van der Waals surface area contributed by atoms with Gasteiger partial charge < -0.3 is 10.2 Å².